The minimum absolute atomic E-state index is 0. The van der Waals surface area contributed by atoms with E-state index in [9.17, 15) is 0 Å². The largest absolute Gasteiger partial charge is 0.540 e. The number of aryl methyl sites for hydroxylation is 1. The molecule has 0 bridgehead atoms. The minimum Gasteiger partial charge on any atom is -0.540 e. The van der Waals surface area contributed by atoms with Crippen molar-refractivity contribution in [2.45, 2.75) is 6.92 Å². The third-order valence-corrected chi connectivity index (χ3v) is 2.74. The van der Waals surface area contributed by atoms with Crippen LogP contribution in [0.15, 0.2) is 36.4 Å². The Labute approximate surface area is 165 Å². The molecule has 19 heavy (non-hydrogen) atoms. The van der Waals surface area contributed by atoms with Gasteiger partial charge in [0, 0.05) is 71.2 Å². The van der Waals surface area contributed by atoms with Gasteiger partial charge in [-0.25, -0.2) is 0 Å². The molecule has 0 atom stereocenters. The number of rotatable bonds is 3. The van der Waals surface area contributed by atoms with Gasteiger partial charge in [0.05, 0.1) is 20.0 Å². The van der Waals surface area contributed by atoms with Gasteiger partial charge in [-0.1, -0.05) is 28.8 Å². The molecule has 0 amide bonds. The van der Waals surface area contributed by atoms with Crippen LogP contribution in [0.4, 0.5) is 0 Å². The molecule has 2 rings (SSSR count). The molecule has 0 heterocycles. The molecule has 4 heteroatoms. The predicted octanol–water partition coefficient (Wildman–Crippen LogP) is 3.47. The minimum atomic E-state index is 0. The van der Waals surface area contributed by atoms with Crippen molar-refractivity contribution in [3.8, 4) is 22.6 Å². The zero-order valence-electron chi connectivity index (χ0n) is 11.4. The van der Waals surface area contributed by atoms with E-state index in [0.29, 0.717) is 0 Å². The first-order chi connectivity index (χ1) is 8.27. The van der Waals surface area contributed by atoms with E-state index in [4.69, 9.17) is 9.47 Å². The average molecular weight is 405 g/mol. The van der Waals surface area contributed by atoms with Gasteiger partial charge < -0.3 is 9.47 Å². The molecule has 0 N–H and O–H groups in total. The molecule has 2 nitrogen and oxygen atoms in total. The van der Waals surface area contributed by atoms with Crippen LogP contribution in [0.3, 0.4) is 0 Å². The van der Waals surface area contributed by atoms with Crippen molar-refractivity contribution >= 4 is 0 Å². The van der Waals surface area contributed by atoms with E-state index in [0.717, 1.165) is 28.2 Å². The van der Waals surface area contributed by atoms with E-state index in [1.54, 1.807) is 14.2 Å². The molecular formula is C15H15O2Y2-. The van der Waals surface area contributed by atoms with Crippen LogP contribution in [0.2, 0.25) is 0 Å². The average Bonchev–Trinajstić information content (AvgIpc) is 2.38. The van der Waals surface area contributed by atoms with Crippen LogP contribution >= 0.6 is 0 Å². The Bertz CT molecular complexity index is 527. The molecule has 0 aliphatic carbocycles. The van der Waals surface area contributed by atoms with Gasteiger partial charge in [-0.05, 0) is 13.0 Å². The van der Waals surface area contributed by atoms with Crippen molar-refractivity contribution < 1.29 is 74.9 Å². The molecule has 0 saturated carbocycles. The summed E-state index contributed by atoms with van der Waals surface area (Å²) in [6.45, 7) is 2.05. The van der Waals surface area contributed by atoms with Crippen molar-refractivity contribution in [3.05, 3.63) is 48.0 Å². The Morgan fingerprint density at radius 1 is 0.895 bits per heavy atom. The Morgan fingerprint density at radius 3 is 2.16 bits per heavy atom. The molecule has 94 valence electrons. The molecule has 0 aromatic heterocycles. The molecule has 2 aromatic carbocycles. The molecule has 0 saturated heterocycles. The third-order valence-electron chi connectivity index (χ3n) is 2.74. The molecule has 2 aromatic rings. The number of methoxy groups -OCH3 is 2. The first kappa shape index (κ1) is 19.2. The molecule has 0 spiro atoms. The smallest absolute Gasteiger partial charge is 0.0857 e. The van der Waals surface area contributed by atoms with E-state index in [2.05, 4.69) is 19.1 Å². The number of benzene rings is 2. The van der Waals surface area contributed by atoms with Gasteiger partial charge in [0.25, 0.3) is 0 Å². The standard InChI is InChI=1S/C15H15O2.2Y/c1-11-7-6-10-14(17-3)15(11)12-8-4-5-9-13(12)16-2;;/h4-7,9-10H,1-3H3;;/q-1;;. The molecule has 0 aliphatic heterocycles. The summed E-state index contributed by atoms with van der Waals surface area (Å²) in [5.74, 6) is 1.64. The fourth-order valence-corrected chi connectivity index (χ4v) is 1.92. The molecule has 0 fully saturated rings. The van der Waals surface area contributed by atoms with Gasteiger partial charge in [-0.3, -0.25) is 0 Å². The van der Waals surface area contributed by atoms with Gasteiger partial charge >= 0.3 is 0 Å². The van der Waals surface area contributed by atoms with Crippen LogP contribution in [0.5, 0.6) is 11.5 Å². The summed E-state index contributed by atoms with van der Waals surface area (Å²) in [7, 11) is 3.34. The molecule has 2 radical (unpaired) electrons. The number of hydrogen-bond donors (Lipinski definition) is 0. The summed E-state index contributed by atoms with van der Waals surface area (Å²) < 4.78 is 10.8. The molecule has 0 aliphatic rings. The first-order valence-corrected chi connectivity index (χ1v) is 5.46. The van der Waals surface area contributed by atoms with Crippen LogP contribution in [-0.2, 0) is 65.4 Å². The van der Waals surface area contributed by atoms with Crippen molar-refractivity contribution in [2.75, 3.05) is 14.2 Å². The maximum Gasteiger partial charge on any atom is 0.0857 e. The molecular weight excluding hydrogens is 390 g/mol. The van der Waals surface area contributed by atoms with E-state index >= 15 is 0 Å². The van der Waals surface area contributed by atoms with Crippen molar-refractivity contribution in [1.29, 1.82) is 0 Å². The van der Waals surface area contributed by atoms with Gasteiger partial charge in [-0.2, -0.15) is 0 Å². The third kappa shape index (κ3) is 4.36. The van der Waals surface area contributed by atoms with Crippen molar-refractivity contribution in [1.82, 2.24) is 0 Å². The zero-order chi connectivity index (χ0) is 12.3. The SMILES string of the molecule is COc1ccc[c-]c1-c1c(C)cccc1OC.[Y].[Y]. The number of hydrogen-bond acceptors (Lipinski definition) is 2. The molecule has 0 unspecified atom stereocenters. The topological polar surface area (TPSA) is 18.5 Å². The second kappa shape index (κ2) is 9.23. The Balaban J connectivity index is 0.00000162. The first-order valence-electron chi connectivity index (χ1n) is 5.46. The summed E-state index contributed by atoms with van der Waals surface area (Å²) in [6.07, 6.45) is 0. The van der Waals surface area contributed by atoms with E-state index < -0.39 is 0 Å². The Morgan fingerprint density at radius 2 is 1.53 bits per heavy atom. The van der Waals surface area contributed by atoms with E-state index in [-0.39, 0.29) is 65.4 Å². The van der Waals surface area contributed by atoms with Crippen molar-refractivity contribution in [2.24, 2.45) is 0 Å². The van der Waals surface area contributed by atoms with Crippen LogP contribution in [-0.4, -0.2) is 14.2 Å². The summed E-state index contributed by atoms with van der Waals surface area (Å²) in [6, 6.07) is 14.9. The zero-order valence-corrected chi connectivity index (χ0v) is 17.1. The Hall–Kier alpha value is 0.248. The van der Waals surface area contributed by atoms with E-state index in [1.165, 1.54) is 0 Å². The van der Waals surface area contributed by atoms with Gasteiger partial charge in [0.2, 0.25) is 0 Å². The van der Waals surface area contributed by atoms with Gasteiger partial charge in [0.15, 0.2) is 0 Å². The maximum atomic E-state index is 5.40. The van der Waals surface area contributed by atoms with Crippen molar-refractivity contribution in [3.63, 3.8) is 0 Å². The second-order valence-electron chi connectivity index (χ2n) is 3.77. The van der Waals surface area contributed by atoms with E-state index in [1.807, 2.05) is 30.3 Å². The maximum absolute atomic E-state index is 5.40. The van der Waals surface area contributed by atoms with Gasteiger partial charge in [0.1, 0.15) is 0 Å². The van der Waals surface area contributed by atoms with Crippen LogP contribution < -0.4 is 9.47 Å². The Kier molecular flexibility index (Phi) is 9.35. The summed E-state index contributed by atoms with van der Waals surface area (Å²) in [5, 5.41) is 0. The normalized spacial score (nSPS) is 9.00. The monoisotopic (exact) mass is 405 g/mol. The second-order valence-corrected chi connectivity index (χ2v) is 3.77. The summed E-state index contributed by atoms with van der Waals surface area (Å²) in [5.41, 5.74) is 3.11. The quantitative estimate of drug-likeness (QED) is 0.729. The van der Waals surface area contributed by atoms with Gasteiger partial charge in [-0.15, -0.1) is 24.3 Å². The predicted molar refractivity (Wildman–Crippen MR) is 68.6 cm³/mol. The summed E-state index contributed by atoms with van der Waals surface area (Å²) in [4.78, 5) is 0. The van der Waals surface area contributed by atoms with Crippen LogP contribution in [0.25, 0.3) is 11.1 Å². The number of ether oxygens (including phenoxy) is 2. The van der Waals surface area contributed by atoms with Crippen LogP contribution in [0.1, 0.15) is 5.56 Å². The fraction of sp³-hybridized carbons (Fsp3) is 0.200. The fourth-order valence-electron chi connectivity index (χ4n) is 1.92. The summed E-state index contributed by atoms with van der Waals surface area (Å²) >= 11 is 0. The van der Waals surface area contributed by atoms with Crippen LogP contribution in [0, 0.1) is 13.0 Å².